The maximum absolute atomic E-state index is 5.53. The van der Waals surface area contributed by atoms with Crippen molar-refractivity contribution in [1.82, 2.24) is 0 Å². The predicted octanol–water partition coefficient (Wildman–Crippen LogP) is 2.07. The molecule has 0 spiro atoms. The van der Waals surface area contributed by atoms with Gasteiger partial charge >= 0.3 is 0 Å². The third kappa shape index (κ3) is 1.45. The second kappa shape index (κ2) is 2.70. The Bertz CT molecular complexity index is 88.6. The van der Waals surface area contributed by atoms with E-state index < -0.39 is 0 Å². The molecule has 0 bridgehead atoms. The minimum atomic E-state index is 0.532. The predicted molar refractivity (Wildman–Crippen MR) is 38.4 cm³/mol. The molecule has 1 heterocycles. The van der Waals surface area contributed by atoms with Crippen LogP contribution in [-0.2, 0) is 4.74 Å². The van der Waals surface area contributed by atoms with Crippen LogP contribution in [0.5, 0.6) is 0 Å². The average Bonchev–Trinajstić information content (AvgIpc) is 2.13. The van der Waals surface area contributed by atoms with Crippen LogP contribution in [0.25, 0.3) is 0 Å². The van der Waals surface area contributed by atoms with Crippen LogP contribution in [-0.4, -0.2) is 12.7 Å². The Hall–Kier alpha value is -0.0400. The maximum atomic E-state index is 5.53. The highest BCUT2D eigenvalue weighted by molar-refractivity contribution is 4.74. The first kappa shape index (κ1) is 7.07. The Morgan fingerprint density at radius 1 is 1.44 bits per heavy atom. The molecule has 0 N–H and O–H groups in total. The van der Waals surface area contributed by atoms with Crippen LogP contribution in [0.2, 0.25) is 0 Å². The minimum Gasteiger partial charge on any atom is -0.378 e. The van der Waals surface area contributed by atoms with Gasteiger partial charge in [-0.1, -0.05) is 20.8 Å². The van der Waals surface area contributed by atoms with E-state index in [2.05, 4.69) is 20.8 Å². The standard InChI is InChI=1S/C8H16O/c1-6(2)8-7(3)4-5-9-8/h6-8H,4-5H2,1-3H3/t7-,8+/m0/s1. The van der Waals surface area contributed by atoms with Crippen molar-refractivity contribution in [2.24, 2.45) is 11.8 Å². The van der Waals surface area contributed by atoms with Crippen LogP contribution in [0.4, 0.5) is 0 Å². The third-order valence-electron chi connectivity index (χ3n) is 2.10. The van der Waals surface area contributed by atoms with Gasteiger partial charge in [-0.2, -0.15) is 0 Å². The molecular weight excluding hydrogens is 112 g/mol. The zero-order chi connectivity index (χ0) is 6.85. The zero-order valence-corrected chi connectivity index (χ0v) is 6.55. The molecule has 0 aromatic heterocycles. The molecule has 1 heteroatoms. The van der Waals surface area contributed by atoms with Crippen molar-refractivity contribution < 1.29 is 4.74 Å². The highest BCUT2D eigenvalue weighted by Crippen LogP contribution is 2.25. The summed E-state index contributed by atoms with van der Waals surface area (Å²) in [6.45, 7) is 7.71. The lowest BCUT2D eigenvalue weighted by atomic mass is 9.95. The summed E-state index contributed by atoms with van der Waals surface area (Å²) in [6, 6.07) is 0. The Morgan fingerprint density at radius 3 is 2.33 bits per heavy atom. The topological polar surface area (TPSA) is 9.23 Å². The van der Waals surface area contributed by atoms with Crippen molar-refractivity contribution in [1.29, 1.82) is 0 Å². The Morgan fingerprint density at radius 2 is 2.11 bits per heavy atom. The van der Waals surface area contributed by atoms with Gasteiger partial charge in [-0.25, -0.2) is 0 Å². The van der Waals surface area contributed by atoms with Crippen LogP contribution in [0.1, 0.15) is 27.2 Å². The van der Waals surface area contributed by atoms with Crippen LogP contribution < -0.4 is 0 Å². The van der Waals surface area contributed by atoms with Gasteiger partial charge in [0.05, 0.1) is 6.10 Å². The fourth-order valence-electron chi connectivity index (χ4n) is 1.57. The largest absolute Gasteiger partial charge is 0.378 e. The molecule has 1 saturated heterocycles. The zero-order valence-electron chi connectivity index (χ0n) is 6.55. The molecule has 0 aromatic carbocycles. The summed E-state index contributed by atoms with van der Waals surface area (Å²) in [5.41, 5.74) is 0. The van der Waals surface area contributed by atoms with Gasteiger partial charge < -0.3 is 4.74 Å². The van der Waals surface area contributed by atoms with E-state index in [4.69, 9.17) is 4.74 Å². The van der Waals surface area contributed by atoms with Gasteiger partial charge in [0.15, 0.2) is 0 Å². The quantitative estimate of drug-likeness (QED) is 0.525. The summed E-state index contributed by atoms with van der Waals surface area (Å²) in [5, 5.41) is 0. The highest BCUT2D eigenvalue weighted by Gasteiger charge is 2.26. The van der Waals surface area contributed by atoms with Gasteiger partial charge in [0.25, 0.3) is 0 Å². The second-order valence-electron chi connectivity index (χ2n) is 3.35. The van der Waals surface area contributed by atoms with Gasteiger partial charge in [-0.15, -0.1) is 0 Å². The van der Waals surface area contributed by atoms with Crippen molar-refractivity contribution in [2.45, 2.75) is 33.3 Å². The van der Waals surface area contributed by atoms with Crippen molar-refractivity contribution in [3.63, 3.8) is 0 Å². The van der Waals surface area contributed by atoms with Gasteiger partial charge in [0, 0.05) is 6.61 Å². The Balaban J connectivity index is 2.40. The first-order chi connectivity index (χ1) is 4.22. The van der Waals surface area contributed by atoms with E-state index in [9.17, 15) is 0 Å². The van der Waals surface area contributed by atoms with Crippen molar-refractivity contribution in [3.05, 3.63) is 0 Å². The number of hydrogen-bond donors (Lipinski definition) is 0. The van der Waals surface area contributed by atoms with Crippen LogP contribution >= 0.6 is 0 Å². The fourth-order valence-corrected chi connectivity index (χ4v) is 1.57. The fraction of sp³-hybridized carbons (Fsp3) is 1.00. The number of hydrogen-bond acceptors (Lipinski definition) is 1. The summed E-state index contributed by atoms with van der Waals surface area (Å²) in [7, 11) is 0. The molecule has 9 heavy (non-hydrogen) atoms. The van der Waals surface area contributed by atoms with E-state index in [0.29, 0.717) is 12.0 Å². The molecule has 54 valence electrons. The summed E-state index contributed by atoms with van der Waals surface area (Å²) < 4.78 is 5.53. The second-order valence-corrected chi connectivity index (χ2v) is 3.35. The Labute approximate surface area is 57.4 Å². The van der Waals surface area contributed by atoms with E-state index in [-0.39, 0.29) is 0 Å². The minimum absolute atomic E-state index is 0.532. The normalized spacial score (nSPS) is 36.0. The van der Waals surface area contributed by atoms with E-state index in [0.717, 1.165) is 12.5 Å². The molecule has 1 rings (SSSR count). The molecule has 0 aliphatic carbocycles. The summed E-state index contributed by atoms with van der Waals surface area (Å²) in [5.74, 6) is 1.48. The van der Waals surface area contributed by atoms with E-state index in [1.807, 2.05) is 0 Å². The molecule has 0 aromatic rings. The summed E-state index contributed by atoms with van der Waals surface area (Å²) in [4.78, 5) is 0. The summed E-state index contributed by atoms with van der Waals surface area (Å²) >= 11 is 0. The highest BCUT2D eigenvalue weighted by atomic mass is 16.5. The lowest BCUT2D eigenvalue weighted by Gasteiger charge is -2.17. The molecule has 2 atom stereocenters. The van der Waals surface area contributed by atoms with E-state index in [1.54, 1.807) is 0 Å². The smallest absolute Gasteiger partial charge is 0.0624 e. The lowest BCUT2D eigenvalue weighted by molar-refractivity contribution is 0.0577. The Kier molecular flexibility index (Phi) is 2.12. The van der Waals surface area contributed by atoms with Crippen LogP contribution in [0.15, 0.2) is 0 Å². The summed E-state index contributed by atoms with van der Waals surface area (Å²) in [6.07, 6.45) is 1.79. The third-order valence-corrected chi connectivity index (χ3v) is 2.10. The first-order valence-corrected chi connectivity index (χ1v) is 3.83. The average molecular weight is 128 g/mol. The van der Waals surface area contributed by atoms with E-state index >= 15 is 0 Å². The van der Waals surface area contributed by atoms with Crippen molar-refractivity contribution >= 4 is 0 Å². The first-order valence-electron chi connectivity index (χ1n) is 3.83. The molecule has 0 unspecified atom stereocenters. The molecule has 0 saturated carbocycles. The van der Waals surface area contributed by atoms with Gasteiger partial charge in [0.2, 0.25) is 0 Å². The van der Waals surface area contributed by atoms with E-state index in [1.165, 1.54) is 6.42 Å². The van der Waals surface area contributed by atoms with Crippen molar-refractivity contribution in [3.8, 4) is 0 Å². The van der Waals surface area contributed by atoms with Gasteiger partial charge in [-0.3, -0.25) is 0 Å². The van der Waals surface area contributed by atoms with Crippen LogP contribution in [0.3, 0.4) is 0 Å². The molecule has 1 aliphatic rings. The van der Waals surface area contributed by atoms with Crippen molar-refractivity contribution in [2.75, 3.05) is 6.61 Å². The monoisotopic (exact) mass is 128 g/mol. The molecular formula is C8H16O. The SMILES string of the molecule is CC(C)[C@H]1OCC[C@@H]1C. The lowest BCUT2D eigenvalue weighted by Crippen LogP contribution is -2.19. The van der Waals surface area contributed by atoms with Gasteiger partial charge in [-0.05, 0) is 18.3 Å². The molecule has 1 aliphatic heterocycles. The molecule has 1 fully saturated rings. The van der Waals surface area contributed by atoms with Gasteiger partial charge in [0.1, 0.15) is 0 Å². The molecule has 0 amide bonds. The molecule has 0 radical (unpaired) electrons. The number of ether oxygens (including phenoxy) is 1. The number of rotatable bonds is 1. The molecule has 1 nitrogen and oxygen atoms in total. The maximum Gasteiger partial charge on any atom is 0.0624 e. The van der Waals surface area contributed by atoms with Crippen LogP contribution in [0, 0.1) is 11.8 Å².